The Bertz CT molecular complexity index is 413. The van der Waals surface area contributed by atoms with E-state index in [1.807, 2.05) is 32.0 Å². The van der Waals surface area contributed by atoms with Gasteiger partial charge in [0.15, 0.2) is 11.0 Å². The molecule has 0 saturated heterocycles. The van der Waals surface area contributed by atoms with Crippen molar-refractivity contribution in [2.75, 3.05) is 5.43 Å². The standard InChI is InChI=1S/C11H13ClN2O/c1-7-4-5-10(6-8(7)2)13-14-11(12)9(3)15/h4-6,13H,1-3H3/b14-11-. The number of hydrogen-bond donors (Lipinski definition) is 1. The second-order valence-electron chi connectivity index (χ2n) is 3.37. The molecule has 0 radical (unpaired) electrons. The van der Waals surface area contributed by atoms with Crippen LogP contribution in [0, 0.1) is 13.8 Å². The van der Waals surface area contributed by atoms with Crippen molar-refractivity contribution in [3.63, 3.8) is 0 Å². The van der Waals surface area contributed by atoms with Gasteiger partial charge >= 0.3 is 0 Å². The van der Waals surface area contributed by atoms with Crippen LogP contribution in [0.1, 0.15) is 18.1 Å². The van der Waals surface area contributed by atoms with Gasteiger partial charge in [0.1, 0.15) is 0 Å². The predicted molar refractivity (Wildman–Crippen MR) is 63.5 cm³/mol. The SMILES string of the molecule is CC(=O)/C(Cl)=N/Nc1ccc(C)c(C)c1. The van der Waals surface area contributed by atoms with E-state index < -0.39 is 0 Å². The average molecular weight is 225 g/mol. The first-order valence-electron chi connectivity index (χ1n) is 4.58. The lowest BCUT2D eigenvalue weighted by atomic mass is 10.1. The molecule has 0 amide bonds. The number of Topliss-reactive ketones (excluding diaryl/α,β-unsaturated/α-hetero) is 1. The van der Waals surface area contributed by atoms with E-state index in [-0.39, 0.29) is 11.0 Å². The van der Waals surface area contributed by atoms with E-state index in [4.69, 9.17) is 11.6 Å². The van der Waals surface area contributed by atoms with Crippen molar-refractivity contribution in [1.29, 1.82) is 0 Å². The van der Waals surface area contributed by atoms with Crippen molar-refractivity contribution in [2.45, 2.75) is 20.8 Å². The number of nitrogens with zero attached hydrogens (tertiary/aromatic N) is 1. The summed E-state index contributed by atoms with van der Waals surface area (Å²) in [7, 11) is 0. The molecule has 0 aliphatic heterocycles. The summed E-state index contributed by atoms with van der Waals surface area (Å²) >= 11 is 5.57. The number of halogens is 1. The molecule has 4 heteroatoms. The Kier molecular flexibility index (Phi) is 3.86. The van der Waals surface area contributed by atoms with Gasteiger partial charge < -0.3 is 0 Å². The van der Waals surface area contributed by atoms with Gasteiger partial charge in [0.2, 0.25) is 0 Å². The summed E-state index contributed by atoms with van der Waals surface area (Å²) in [4.78, 5) is 10.8. The van der Waals surface area contributed by atoms with Gasteiger partial charge in [0.25, 0.3) is 0 Å². The molecule has 1 rings (SSSR count). The molecule has 0 aliphatic rings. The Morgan fingerprint density at radius 3 is 2.53 bits per heavy atom. The molecule has 0 atom stereocenters. The third-order valence-corrected chi connectivity index (χ3v) is 2.43. The van der Waals surface area contributed by atoms with Crippen molar-refractivity contribution in [3.8, 4) is 0 Å². The number of carbonyl (C=O) groups is 1. The predicted octanol–water partition coefficient (Wildman–Crippen LogP) is 2.86. The van der Waals surface area contributed by atoms with Crippen LogP contribution in [0.15, 0.2) is 23.3 Å². The average Bonchev–Trinajstić information content (AvgIpc) is 2.19. The van der Waals surface area contributed by atoms with Crippen LogP contribution < -0.4 is 5.43 Å². The Morgan fingerprint density at radius 2 is 2.00 bits per heavy atom. The number of benzene rings is 1. The highest BCUT2D eigenvalue weighted by Gasteiger charge is 2.00. The van der Waals surface area contributed by atoms with Crippen molar-refractivity contribution < 1.29 is 4.79 Å². The quantitative estimate of drug-likeness (QED) is 0.634. The van der Waals surface area contributed by atoms with Gasteiger partial charge in [0, 0.05) is 6.92 Å². The van der Waals surface area contributed by atoms with Gasteiger partial charge in [-0.2, -0.15) is 5.10 Å². The number of ketones is 1. The van der Waals surface area contributed by atoms with Gasteiger partial charge in [-0.05, 0) is 37.1 Å². The van der Waals surface area contributed by atoms with Crippen molar-refractivity contribution in [2.24, 2.45) is 5.10 Å². The van der Waals surface area contributed by atoms with Crippen LogP contribution in [-0.4, -0.2) is 11.0 Å². The summed E-state index contributed by atoms with van der Waals surface area (Å²) in [5.74, 6) is -0.256. The van der Waals surface area contributed by atoms with Gasteiger partial charge in [-0.15, -0.1) is 0 Å². The molecular formula is C11H13ClN2O. The van der Waals surface area contributed by atoms with Gasteiger partial charge in [-0.3, -0.25) is 10.2 Å². The van der Waals surface area contributed by atoms with Crippen LogP contribution in [0.25, 0.3) is 0 Å². The lowest BCUT2D eigenvalue weighted by Gasteiger charge is -2.04. The van der Waals surface area contributed by atoms with Crippen LogP contribution in [0.2, 0.25) is 0 Å². The van der Waals surface area contributed by atoms with E-state index >= 15 is 0 Å². The van der Waals surface area contributed by atoms with E-state index in [1.54, 1.807) is 0 Å². The summed E-state index contributed by atoms with van der Waals surface area (Å²) in [6.45, 7) is 5.41. The molecular weight excluding hydrogens is 212 g/mol. The first-order chi connectivity index (χ1) is 7.00. The van der Waals surface area contributed by atoms with Crippen molar-refractivity contribution >= 4 is 28.2 Å². The molecule has 0 unspecified atom stereocenters. The molecule has 1 N–H and O–H groups in total. The molecule has 0 saturated carbocycles. The lowest BCUT2D eigenvalue weighted by molar-refractivity contribution is -0.110. The molecule has 0 fully saturated rings. The number of nitrogens with one attached hydrogen (secondary N) is 1. The normalized spacial score (nSPS) is 11.3. The fraction of sp³-hybridized carbons (Fsp3) is 0.273. The lowest BCUT2D eigenvalue weighted by Crippen LogP contribution is -2.04. The molecule has 80 valence electrons. The number of hydrazone groups is 1. The molecule has 0 spiro atoms. The van der Waals surface area contributed by atoms with Crippen molar-refractivity contribution in [1.82, 2.24) is 0 Å². The molecule has 1 aromatic rings. The van der Waals surface area contributed by atoms with Gasteiger partial charge in [-0.1, -0.05) is 17.7 Å². The third kappa shape index (κ3) is 3.36. The fourth-order valence-electron chi connectivity index (χ4n) is 1.00. The Morgan fingerprint density at radius 1 is 1.33 bits per heavy atom. The Labute approximate surface area is 94.1 Å². The second-order valence-corrected chi connectivity index (χ2v) is 3.73. The molecule has 3 nitrogen and oxygen atoms in total. The molecule has 15 heavy (non-hydrogen) atoms. The van der Waals surface area contributed by atoms with Gasteiger partial charge in [-0.25, -0.2) is 0 Å². The zero-order chi connectivity index (χ0) is 11.4. The number of aryl methyl sites for hydroxylation is 2. The molecule has 0 heterocycles. The summed E-state index contributed by atoms with van der Waals surface area (Å²) in [6, 6.07) is 5.81. The van der Waals surface area contributed by atoms with Crippen LogP contribution in [0.4, 0.5) is 5.69 Å². The summed E-state index contributed by atoms with van der Waals surface area (Å²) < 4.78 is 0. The maximum atomic E-state index is 10.8. The molecule has 1 aromatic carbocycles. The topological polar surface area (TPSA) is 41.5 Å². The van der Waals surface area contributed by atoms with E-state index in [0.29, 0.717) is 0 Å². The summed E-state index contributed by atoms with van der Waals surface area (Å²) in [5, 5.41) is 3.70. The highest BCUT2D eigenvalue weighted by molar-refractivity contribution is 6.82. The zero-order valence-corrected chi connectivity index (χ0v) is 9.72. The number of carbonyl (C=O) groups excluding carboxylic acids is 1. The Balaban J connectivity index is 2.78. The minimum Gasteiger partial charge on any atom is -0.292 e. The van der Waals surface area contributed by atoms with Gasteiger partial charge in [0.05, 0.1) is 5.69 Å². The molecule has 0 bridgehead atoms. The van der Waals surface area contributed by atoms with E-state index in [2.05, 4.69) is 10.5 Å². The monoisotopic (exact) mass is 224 g/mol. The maximum absolute atomic E-state index is 10.8. The van der Waals surface area contributed by atoms with E-state index in [0.717, 1.165) is 11.3 Å². The van der Waals surface area contributed by atoms with Crippen LogP contribution in [0.5, 0.6) is 0 Å². The van der Waals surface area contributed by atoms with E-state index in [9.17, 15) is 4.79 Å². The second kappa shape index (κ2) is 4.94. The third-order valence-electron chi connectivity index (χ3n) is 2.08. The highest BCUT2D eigenvalue weighted by atomic mass is 35.5. The van der Waals surface area contributed by atoms with Crippen LogP contribution in [-0.2, 0) is 4.79 Å². The highest BCUT2D eigenvalue weighted by Crippen LogP contribution is 2.14. The number of anilines is 1. The minimum atomic E-state index is -0.256. The molecule has 0 aliphatic carbocycles. The number of hydrogen-bond acceptors (Lipinski definition) is 3. The Hall–Kier alpha value is -1.35. The minimum absolute atomic E-state index is 0.0479. The first kappa shape index (κ1) is 11.7. The van der Waals surface area contributed by atoms with E-state index in [1.165, 1.54) is 12.5 Å². The fourth-order valence-corrected chi connectivity index (χ4v) is 1.05. The smallest absolute Gasteiger partial charge is 0.191 e. The molecule has 0 aromatic heterocycles. The number of rotatable bonds is 3. The summed E-state index contributed by atoms with van der Waals surface area (Å²) in [5.41, 5.74) is 5.92. The van der Waals surface area contributed by atoms with Crippen molar-refractivity contribution in [3.05, 3.63) is 29.3 Å². The van der Waals surface area contributed by atoms with Crippen LogP contribution in [0.3, 0.4) is 0 Å². The first-order valence-corrected chi connectivity index (χ1v) is 4.96. The maximum Gasteiger partial charge on any atom is 0.191 e. The largest absolute Gasteiger partial charge is 0.292 e. The van der Waals surface area contributed by atoms with Crippen LogP contribution >= 0.6 is 11.6 Å². The zero-order valence-electron chi connectivity index (χ0n) is 8.97. The summed E-state index contributed by atoms with van der Waals surface area (Å²) in [6.07, 6.45) is 0.